The van der Waals surface area contributed by atoms with E-state index in [-0.39, 0.29) is 31.7 Å². The molecule has 0 bridgehead atoms. The highest BCUT2D eigenvalue weighted by Gasteiger charge is 2.64. The SMILES string of the molecule is C[C@@H](OC(=O)Nc1c(C2CCN(c3ccc4c(c3)CN(S(=O)(=O)C3(C(=O)O)CC3)C(=O)CC4)CC2)nnn1C)c1ccccc1. The summed E-state index contributed by atoms with van der Waals surface area (Å²) >= 11 is 0. The Morgan fingerprint density at radius 3 is 2.44 bits per heavy atom. The Kier molecular flexibility index (Phi) is 8.02. The van der Waals surface area contributed by atoms with Gasteiger partial charge in [0.1, 0.15) is 11.8 Å². The van der Waals surface area contributed by atoms with E-state index in [1.807, 2.05) is 55.5 Å². The lowest BCUT2D eigenvalue weighted by molar-refractivity contribution is -0.137. The Morgan fingerprint density at radius 2 is 1.78 bits per heavy atom. The number of aromatic nitrogens is 3. The second kappa shape index (κ2) is 11.8. The number of piperidine rings is 1. The van der Waals surface area contributed by atoms with E-state index >= 15 is 0 Å². The fraction of sp³-hybridized carbons (Fsp3) is 0.452. The maximum Gasteiger partial charge on any atom is 0.413 e. The molecular formula is C31H36N6O7S. The van der Waals surface area contributed by atoms with Gasteiger partial charge in [-0.15, -0.1) is 5.10 Å². The number of aliphatic carboxylic acids is 1. The van der Waals surface area contributed by atoms with Crippen LogP contribution in [0.25, 0.3) is 0 Å². The molecular weight excluding hydrogens is 600 g/mol. The Balaban J connectivity index is 1.12. The predicted molar refractivity (Wildman–Crippen MR) is 164 cm³/mol. The second-order valence-corrected chi connectivity index (χ2v) is 14.1. The molecule has 2 aliphatic heterocycles. The normalized spacial score (nSPS) is 18.9. The zero-order valence-electron chi connectivity index (χ0n) is 25.2. The van der Waals surface area contributed by atoms with Crippen LogP contribution in [0.5, 0.6) is 0 Å². The zero-order chi connectivity index (χ0) is 31.9. The first kappa shape index (κ1) is 30.6. The second-order valence-electron chi connectivity index (χ2n) is 11.9. The molecule has 0 spiro atoms. The molecule has 2 amide bonds. The third-order valence-electron chi connectivity index (χ3n) is 9.14. The molecule has 0 radical (unpaired) electrons. The van der Waals surface area contributed by atoms with E-state index < -0.39 is 38.8 Å². The lowest BCUT2D eigenvalue weighted by atomic mass is 9.92. The number of benzene rings is 2. The molecule has 14 heteroatoms. The maximum absolute atomic E-state index is 13.3. The van der Waals surface area contributed by atoms with Crippen molar-refractivity contribution in [3.8, 4) is 0 Å². The fourth-order valence-corrected chi connectivity index (χ4v) is 8.15. The first-order chi connectivity index (χ1) is 21.5. The number of amides is 2. The summed E-state index contributed by atoms with van der Waals surface area (Å²) < 4.78 is 32.6. The summed E-state index contributed by atoms with van der Waals surface area (Å²) in [5.41, 5.74) is 4.05. The van der Waals surface area contributed by atoms with Crippen LogP contribution in [0.15, 0.2) is 48.5 Å². The van der Waals surface area contributed by atoms with E-state index in [1.165, 1.54) is 4.68 Å². The molecule has 1 aliphatic carbocycles. The molecule has 45 heavy (non-hydrogen) atoms. The molecule has 238 valence electrons. The molecule has 2 aromatic carbocycles. The van der Waals surface area contributed by atoms with E-state index in [1.54, 1.807) is 7.05 Å². The Labute approximate surface area is 261 Å². The standard InChI is InChI=1S/C31H36N6O7S/c1-20(21-6-4-3-5-7-21)44-30(41)32-28-27(33-34-35(28)2)23-12-16-36(17-13-23)25-10-8-22-9-11-26(38)37(19-24(22)18-25)45(42,43)31(14-15-31)29(39)40/h3-8,10,18,20,23H,9,11-17,19H2,1-2H3,(H,32,41)(H,39,40)/t20-/m1/s1. The van der Waals surface area contributed by atoms with Gasteiger partial charge in [0.15, 0.2) is 10.6 Å². The first-order valence-electron chi connectivity index (χ1n) is 15.1. The minimum Gasteiger partial charge on any atom is -0.480 e. The van der Waals surface area contributed by atoms with Gasteiger partial charge in [0.05, 0.1) is 6.54 Å². The number of ether oxygens (including phenoxy) is 1. The van der Waals surface area contributed by atoms with Crippen molar-refractivity contribution in [2.75, 3.05) is 23.3 Å². The highest BCUT2D eigenvalue weighted by Crippen LogP contribution is 2.46. The van der Waals surface area contributed by atoms with Gasteiger partial charge in [0.2, 0.25) is 5.91 Å². The number of hydrogen-bond acceptors (Lipinski definition) is 9. The molecule has 6 rings (SSSR count). The van der Waals surface area contributed by atoms with Gasteiger partial charge in [-0.25, -0.2) is 22.2 Å². The van der Waals surface area contributed by atoms with E-state index in [2.05, 4.69) is 20.5 Å². The number of aryl methyl sites for hydroxylation is 2. The summed E-state index contributed by atoms with van der Waals surface area (Å²) in [6, 6.07) is 15.3. The average Bonchev–Trinajstić information content (AvgIpc) is 3.81. The molecule has 2 fully saturated rings. The van der Waals surface area contributed by atoms with Crippen LogP contribution in [0, 0.1) is 0 Å². The summed E-state index contributed by atoms with van der Waals surface area (Å²) in [7, 11) is -2.64. The Hall–Kier alpha value is -4.46. The Morgan fingerprint density at radius 1 is 1.07 bits per heavy atom. The highest BCUT2D eigenvalue weighted by molar-refractivity contribution is 7.92. The van der Waals surface area contributed by atoms with E-state index in [9.17, 15) is 27.9 Å². The van der Waals surface area contributed by atoms with Gasteiger partial charge in [0, 0.05) is 38.2 Å². The largest absolute Gasteiger partial charge is 0.480 e. The van der Waals surface area contributed by atoms with Crippen molar-refractivity contribution >= 4 is 39.5 Å². The molecule has 13 nitrogen and oxygen atoms in total. The van der Waals surface area contributed by atoms with Gasteiger partial charge >= 0.3 is 12.1 Å². The lowest BCUT2D eigenvalue weighted by Crippen LogP contribution is -2.46. The van der Waals surface area contributed by atoms with Crippen molar-refractivity contribution < 1.29 is 32.6 Å². The number of nitrogens with one attached hydrogen (secondary N) is 1. The predicted octanol–water partition coefficient (Wildman–Crippen LogP) is 3.73. The number of anilines is 2. The third kappa shape index (κ3) is 5.74. The van der Waals surface area contributed by atoms with Crippen LogP contribution in [0.2, 0.25) is 0 Å². The molecule has 0 unspecified atom stereocenters. The summed E-state index contributed by atoms with van der Waals surface area (Å²) in [6.45, 7) is 2.99. The number of rotatable bonds is 8. The number of carbonyl (C=O) groups is 3. The number of hydrogen-bond donors (Lipinski definition) is 2. The van der Waals surface area contributed by atoms with Crippen LogP contribution in [0.3, 0.4) is 0 Å². The van der Waals surface area contributed by atoms with E-state index in [0.717, 1.165) is 34.0 Å². The summed E-state index contributed by atoms with van der Waals surface area (Å²) in [4.78, 5) is 39.7. The zero-order valence-corrected chi connectivity index (χ0v) is 26.0. The van der Waals surface area contributed by atoms with Crippen LogP contribution in [0.4, 0.5) is 16.3 Å². The van der Waals surface area contributed by atoms with Gasteiger partial charge in [-0.3, -0.25) is 14.9 Å². The van der Waals surface area contributed by atoms with Crippen LogP contribution in [-0.2, 0) is 44.4 Å². The lowest BCUT2D eigenvalue weighted by Gasteiger charge is -2.33. The van der Waals surface area contributed by atoms with Crippen LogP contribution in [0.1, 0.15) is 73.4 Å². The summed E-state index contributed by atoms with van der Waals surface area (Å²) in [6.07, 6.45) is 0.848. The van der Waals surface area contributed by atoms with E-state index in [4.69, 9.17) is 4.74 Å². The third-order valence-corrected chi connectivity index (χ3v) is 11.6. The highest BCUT2D eigenvalue weighted by atomic mass is 32.2. The molecule has 1 aromatic heterocycles. The van der Waals surface area contributed by atoms with Gasteiger partial charge < -0.3 is 14.7 Å². The molecule has 3 heterocycles. The van der Waals surface area contributed by atoms with Gasteiger partial charge in [-0.05, 0) is 67.9 Å². The van der Waals surface area contributed by atoms with Gasteiger partial charge in [-0.1, -0.05) is 41.6 Å². The molecule has 1 atom stereocenters. The topological polar surface area (TPSA) is 164 Å². The van der Waals surface area contributed by atoms with Crippen molar-refractivity contribution in [2.45, 2.75) is 68.8 Å². The summed E-state index contributed by atoms with van der Waals surface area (Å²) in [5.74, 6) is -1.45. The van der Waals surface area contributed by atoms with Gasteiger partial charge in [-0.2, -0.15) is 0 Å². The minimum absolute atomic E-state index is 0.000138. The molecule has 2 N–H and O–H groups in total. The number of carbonyl (C=O) groups excluding carboxylic acids is 2. The molecule has 1 saturated carbocycles. The number of nitrogens with zero attached hydrogens (tertiary/aromatic N) is 5. The monoisotopic (exact) mass is 636 g/mol. The van der Waals surface area contributed by atoms with Gasteiger partial charge in [0.25, 0.3) is 10.0 Å². The quantitative estimate of drug-likeness (QED) is 0.372. The molecule has 1 saturated heterocycles. The average molecular weight is 637 g/mol. The minimum atomic E-state index is -4.36. The molecule has 3 aliphatic rings. The number of carboxylic acid groups (broad SMARTS) is 1. The molecule has 3 aromatic rings. The van der Waals surface area contributed by atoms with Crippen molar-refractivity contribution in [1.29, 1.82) is 0 Å². The van der Waals surface area contributed by atoms with Crippen molar-refractivity contribution in [3.63, 3.8) is 0 Å². The maximum atomic E-state index is 13.3. The van der Waals surface area contributed by atoms with E-state index in [0.29, 0.717) is 36.6 Å². The van der Waals surface area contributed by atoms with Crippen molar-refractivity contribution in [1.82, 2.24) is 19.3 Å². The van der Waals surface area contributed by atoms with Crippen LogP contribution < -0.4 is 10.2 Å². The Bertz CT molecular complexity index is 1730. The first-order valence-corrected chi connectivity index (χ1v) is 16.5. The number of fused-ring (bicyclic) bond motifs is 1. The fourth-order valence-electron chi connectivity index (χ4n) is 6.22. The van der Waals surface area contributed by atoms with Crippen LogP contribution in [-0.4, -0.2) is 68.6 Å². The van der Waals surface area contributed by atoms with Crippen molar-refractivity contribution in [3.05, 3.63) is 70.9 Å². The van der Waals surface area contributed by atoms with Crippen molar-refractivity contribution in [2.24, 2.45) is 7.05 Å². The number of sulfonamides is 1. The smallest absolute Gasteiger partial charge is 0.413 e. The number of carboxylic acids is 1. The van der Waals surface area contributed by atoms with Crippen LogP contribution >= 0.6 is 0 Å². The summed E-state index contributed by atoms with van der Waals surface area (Å²) in [5, 5.41) is 21.0.